The number of rotatable bonds is 5. The molecule has 0 saturated heterocycles. The molecule has 7 nitrogen and oxygen atoms in total. The Morgan fingerprint density at radius 1 is 1.13 bits per heavy atom. The molecule has 9 heteroatoms. The molecule has 152 valence electrons. The molecule has 0 atom stereocenters. The van der Waals surface area contributed by atoms with Crippen molar-refractivity contribution in [1.29, 1.82) is 5.26 Å². The van der Waals surface area contributed by atoms with Crippen LogP contribution in [0.2, 0.25) is 0 Å². The van der Waals surface area contributed by atoms with Crippen molar-refractivity contribution in [3.63, 3.8) is 0 Å². The van der Waals surface area contributed by atoms with E-state index in [4.69, 9.17) is 5.26 Å². The summed E-state index contributed by atoms with van der Waals surface area (Å²) < 4.78 is 2.27. The van der Waals surface area contributed by atoms with Gasteiger partial charge < -0.3 is 5.32 Å². The van der Waals surface area contributed by atoms with E-state index in [1.165, 1.54) is 4.57 Å². The third-order valence-electron chi connectivity index (χ3n) is 4.33. The maximum atomic E-state index is 13.2. The minimum Gasteiger partial charge on any atom is -0.310 e. The van der Waals surface area contributed by atoms with Crippen molar-refractivity contribution in [2.24, 2.45) is 0 Å². The van der Waals surface area contributed by atoms with Gasteiger partial charge in [0.15, 0.2) is 5.16 Å². The van der Waals surface area contributed by atoms with Crippen LogP contribution in [0.4, 0.5) is 5.82 Å². The molecule has 4 aromatic rings. The normalized spacial score (nSPS) is 10.6. The van der Waals surface area contributed by atoms with Gasteiger partial charge in [0.25, 0.3) is 5.56 Å². The Balaban J connectivity index is 1.67. The molecule has 1 amide bonds. The number of nitrogens with one attached hydrogen (secondary N) is 1. The molecular weight excluding hydrogens is 478 g/mol. The predicted octanol–water partition coefficient (Wildman–Crippen LogP) is 4.15. The van der Waals surface area contributed by atoms with Crippen molar-refractivity contribution in [3.05, 3.63) is 87.3 Å². The lowest BCUT2D eigenvalue weighted by Gasteiger charge is -2.13. The lowest BCUT2D eigenvalue weighted by Crippen LogP contribution is -2.23. The molecule has 31 heavy (non-hydrogen) atoms. The minimum atomic E-state index is -0.270. The lowest BCUT2D eigenvalue weighted by molar-refractivity contribution is -0.113. The van der Waals surface area contributed by atoms with Crippen molar-refractivity contribution < 1.29 is 4.79 Å². The summed E-state index contributed by atoms with van der Waals surface area (Å²) >= 11 is 4.45. The van der Waals surface area contributed by atoms with Crippen LogP contribution in [0.15, 0.2) is 81.3 Å². The van der Waals surface area contributed by atoms with Crippen LogP contribution in [0, 0.1) is 11.3 Å². The van der Waals surface area contributed by atoms with Crippen LogP contribution in [0.1, 0.15) is 5.56 Å². The maximum absolute atomic E-state index is 13.2. The summed E-state index contributed by atoms with van der Waals surface area (Å²) in [6, 6.07) is 19.2. The molecule has 0 fully saturated rings. The second-order valence-corrected chi connectivity index (χ2v) is 8.27. The van der Waals surface area contributed by atoms with E-state index in [1.54, 1.807) is 66.9 Å². The summed E-state index contributed by atoms with van der Waals surface area (Å²) in [5.41, 5.74) is 1.36. The number of para-hydroxylation sites is 1. The smallest absolute Gasteiger partial charge is 0.266 e. The molecule has 0 spiro atoms. The second-order valence-electron chi connectivity index (χ2n) is 6.41. The first-order valence-electron chi connectivity index (χ1n) is 9.12. The number of carbonyl (C=O) groups excluding carboxylic acids is 1. The van der Waals surface area contributed by atoms with Gasteiger partial charge in [-0.3, -0.25) is 14.2 Å². The van der Waals surface area contributed by atoms with Crippen LogP contribution < -0.4 is 10.9 Å². The Morgan fingerprint density at radius 2 is 1.90 bits per heavy atom. The van der Waals surface area contributed by atoms with Crippen LogP contribution in [-0.4, -0.2) is 26.2 Å². The standard InChI is InChI=1S/C22H14BrN5O2S/c23-15-7-10-19(25-12-15)27-20(29)13-31-22-26-18-4-2-1-3-17(18)21(30)28(22)16-8-5-14(11-24)6-9-16/h1-10,12H,13H2,(H,25,27,29). The molecule has 0 aliphatic rings. The summed E-state index contributed by atoms with van der Waals surface area (Å²) in [6.45, 7) is 0. The van der Waals surface area contributed by atoms with Gasteiger partial charge >= 0.3 is 0 Å². The number of halogens is 1. The molecule has 0 saturated carbocycles. The average molecular weight is 492 g/mol. The van der Waals surface area contributed by atoms with E-state index in [2.05, 4.69) is 37.3 Å². The largest absolute Gasteiger partial charge is 0.310 e. The second kappa shape index (κ2) is 9.12. The fourth-order valence-corrected chi connectivity index (χ4v) is 3.93. The molecule has 0 aliphatic heterocycles. The highest BCUT2D eigenvalue weighted by molar-refractivity contribution is 9.10. The van der Waals surface area contributed by atoms with Gasteiger partial charge in [-0.05, 0) is 64.5 Å². The number of fused-ring (bicyclic) bond motifs is 1. The number of thioether (sulfide) groups is 1. The summed E-state index contributed by atoms with van der Waals surface area (Å²) in [4.78, 5) is 34.3. The highest BCUT2D eigenvalue weighted by Gasteiger charge is 2.15. The number of hydrogen-bond donors (Lipinski definition) is 1. The van der Waals surface area contributed by atoms with Crippen LogP contribution >= 0.6 is 27.7 Å². The topological polar surface area (TPSA) is 101 Å². The zero-order valence-electron chi connectivity index (χ0n) is 15.9. The van der Waals surface area contributed by atoms with E-state index in [0.717, 1.165) is 16.2 Å². The van der Waals surface area contributed by atoms with Crippen molar-refractivity contribution in [2.45, 2.75) is 5.16 Å². The number of anilines is 1. The Morgan fingerprint density at radius 3 is 2.61 bits per heavy atom. The quantitative estimate of drug-likeness (QED) is 0.332. The Kier molecular flexibility index (Phi) is 6.11. The number of nitriles is 1. The number of hydrogen-bond acceptors (Lipinski definition) is 6. The van der Waals surface area contributed by atoms with Crippen molar-refractivity contribution in [1.82, 2.24) is 14.5 Å². The molecule has 2 aromatic heterocycles. The minimum absolute atomic E-state index is 0.0405. The van der Waals surface area contributed by atoms with E-state index < -0.39 is 0 Å². The van der Waals surface area contributed by atoms with Crippen LogP contribution in [0.25, 0.3) is 16.6 Å². The fourth-order valence-electron chi connectivity index (χ4n) is 2.88. The highest BCUT2D eigenvalue weighted by atomic mass is 79.9. The first-order valence-corrected chi connectivity index (χ1v) is 10.9. The molecule has 0 unspecified atom stereocenters. The average Bonchev–Trinajstić information content (AvgIpc) is 2.79. The molecule has 0 aliphatic carbocycles. The van der Waals surface area contributed by atoms with Gasteiger partial charge in [-0.15, -0.1) is 0 Å². The molecular formula is C22H14BrN5O2S. The molecule has 2 aromatic carbocycles. The molecule has 4 rings (SSSR count). The SMILES string of the molecule is N#Cc1ccc(-n2c(SCC(=O)Nc3ccc(Br)cn3)nc3ccccc3c2=O)cc1. The van der Waals surface area contributed by atoms with Gasteiger partial charge in [0, 0.05) is 10.7 Å². The number of nitrogens with zero attached hydrogens (tertiary/aromatic N) is 4. The Labute approximate surface area is 189 Å². The summed E-state index contributed by atoms with van der Waals surface area (Å²) in [7, 11) is 0. The Hall–Kier alpha value is -3.48. The number of amides is 1. The summed E-state index contributed by atoms with van der Waals surface area (Å²) in [6.07, 6.45) is 1.59. The van der Waals surface area contributed by atoms with E-state index in [0.29, 0.717) is 33.1 Å². The first kappa shape index (κ1) is 20.8. The van der Waals surface area contributed by atoms with E-state index in [9.17, 15) is 9.59 Å². The summed E-state index contributed by atoms with van der Waals surface area (Å²) in [5.74, 6) is 0.206. The number of carbonyl (C=O) groups is 1. The third kappa shape index (κ3) is 4.66. The van der Waals surface area contributed by atoms with Crippen LogP contribution in [0.5, 0.6) is 0 Å². The zero-order chi connectivity index (χ0) is 21.8. The molecule has 2 heterocycles. The van der Waals surface area contributed by atoms with Gasteiger partial charge in [-0.25, -0.2) is 9.97 Å². The van der Waals surface area contributed by atoms with Crippen molar-refractivity contribution in [3.8, 4) is 11.8 Å². The van der Waals surface area contributed by atoms with Gasteiger partial charge in [0.1, 0.15) is 5.82 Å². The maximum Gasteiger partial charge on any atom is 0.266 e. The zero-order valence-corrected chi connectivity index (χ0v) is 18.4. The number of pyridine rings is 1. The molecule has 0 bridgehead atoms. The van der Waals surface area contributed by atoms with E-state index in [1.807, 2.05) is 0 Å². The molecule has 1 N–H and O–H groups in total. The van der Waals surface area contributed by atoms with Gasteiger partial charge in [0.2, 0.25) is 5.91 Å². The van der Waals surface area contributed by atoms with E-state index >= 15 is 0 Å². The van der Waals surface area contributed by atoms with Gasteiger partial charge in [-0.1, -0.05) is 23.9 Å². The first-order chi connectivity index (χ1) is 15.0. The van der Waals surface area contributed by atoms with E-state index in [-0.39, 0.29) is 17.2 Å². The van der Waals surface area contributed by atoms with Crippen molar-refractivity contribution >= 4 is 50.3 Å². The summed E-state index contributed by atoms with van der Waals surface area (Å²) in [5, 5.41) is 12.6. The Bertz CT molecular complexity index is 1360. The monoisotopic (exact) mass is 491 g/mol. The van der Waals surface area contributed by atoms with Crippen molar-refractivity contribution in [2.75, 3.05) is 11.1 Å². The predicted molar refractivity (Wildman–Crippen MR) is 123 cm³/mol. The third-order valence-corrected chi connectivity index (χ3v) is 5.73. The molecule has 0 radical (unpaired) electrons. The highest BCUT2D eigenvalue weighted by Crippen LogP contribution is 2.22. The van der Waals surface area contributed by atoms with Crippen LogP contribution in [-0.2, 0) is 4.79 Å². The number of aromatic nitrogens is 3. The lowest BCUT2D eigenvalue weighted by atomic mass is 10.2. The number of benzene rings is 2. The fraction of sp³-hybridized carbons (Fsp3) is 0.0455. The van der Waals surface area contributed by atoms with Crippen LogP contribution in [0.3, 0.4) is 0 Å². The van der Waals surface area contributed by atoms with Gasteiger partial charge in [0.05, 0.1) is 34.0 Å². The van der Waals surface area contributed by atoms with Gasteiger partial charge in [-0.2, -0.15) is 5.26 Å².